The van der Waals surface area contributed by atoms with Crippen molar-refractivity contribution in [1.29, 1.82) is 0 Å². The molecule has 3 nitrogen and oxygen atoms in total. The summed E-state index contributed by atoms with van der Waals surface area (Å²) >= 11 is 1.55. The Kier molecular flexibility index (Phi) is 3.62. The summed E-state index contributed by atoms with van der Waals surface area (Å²) in [6.07, 6.45) is 0. The third-order valence-corrected chi connectivity index (χ3v) is 3.33. The largest absolute Gasteiger partial charge is 0.399 e. The second kappa shape index (κ2) is 5.18. The second-order valence-electron chi connectivity index (χ2n) is 3.99. The Morgan fingerprint density at radius 1 is 1.44 bits per heavy atom. The van der Waals surface area contributed by atoms with Crippen LogP contribution in [0, 0.1) is 5.82 Å². The first-order valence-electron chi connectivity index (χ1n) is 5.46. The Morgan fingerprint density at radius 3 is 2.83 bits per heavy atom. The lowest BCUT2D eigenvalue weighted by atomic mass is 10.1. The van der Waals surface area contributed by atoms with Crippen molar-refractivity contribution in [3.05, 3.63) is 52.0 Å². The highest BCUT2D eigenvalue weighted by atomic mass is 32.1. The lowest BCUT2D eigenvalue weighted by Gasteiger charge is -2.13. The number of thiophene rings is 1. The molecular formula is C13H13FN2OS. The fourth-order valence-corrected chi connectivity index (χ4v) is 2.35. The van der Waals surface area contributed by atoms with E-state index in [0.29, 0.717) is 5.69 Å². The van der Waals surface area contributed by atoms with Crippen LogP contribution in [0.5, 0.6) is 0 Å². The summed E-state index contributed by atoms with van der Waals surface area (Å²) in [5.41, 5.74) is 6.75. The zero-order chi connectivity index (χ0) is 13.1. The van der Waals surface area contributed by atoms with Crippen molar-refractivity contribution in [2.45, 2.75) is 13.0 Å². The summed E-state index contributed by atoms with van der Waals surface area (Å²) in [7, 11) is 0. The van der Waals surface area contributed by atoms with Gasteiger partial charge in [0.15, 0.2) is 0 Å². The fourth-order valence-electron chi connectivity index (χ4n) is 1.59. The van der Waals surface area contributed by atoms with E-state index < -0.39 is 11.7 Å². The highest BCUT2D eigenvalue weighted by molar-refractivity contribution is 7.07. The standard InChI is InChI=1S/C13H13FN2OS/c1-8(9-4-5-18-7-9)16-13(17)11-3-2-10(15)6-12(11)14/h2-8H,15H2,1H3,(H,16,17). The maximum absolute atomic E-state index is 13.6. The van der Waals surface area contributed by atoms with Crippen LogP contribution < -0.4 is 11.1 Å². The predicted octanol–water partition coefficient (Wildman–Crippen LogP) is 2.96. The molecule has 1 atom stereocenters. The number of carbonyl (C=O) groups is 1. The summed E-state index contributed by atoms with van der Waals surface area (Å²) in [6, 6.07) is 5.81. The molecule has 0 spiro atoms. The molecule has 0 fully saturated rings. The van der Waals surface area contributed by atoms with Gasteiger partial charge >= 0.3 is 0 Å². The molecule has 0 aliphatic heterocycles. The number of nitrogens with two attached hydrogens (primary N) is 1. The number of benzene rings is 1. The molecule has 1 aromatic carbocycles. The SMILES string of the molecule is CC(NC(=O)c1ccc(N)cc1F)c1ccsc1. The number of hydrogen-bond donors (Lipinski definition) is 2. The monoisotopic (exact) mass is 264 g/mol. The minimum atomic E-state index is -0.606. The molecule has 5 heteroatoms. The quantitative estimate of drug-likeness (QED) is 0.837. The van der Waals surface area contributed by atoms with Crippen LogP contribution in [0.4, 0.5) is 10.1 Å². The van der Waals surface area contributed by atoms with Crippen LogP contribution in [0.2, 0.25) is 0 Å². The van der Waals surface area contributed by atoms with Gasteiger partial charge in [-0.25, -0.2) is 4.39 Å². The van der Waals surface area contributed by atoms with E-state index in [9.17, 15) is 9.18 Å². The minimum absolute atomic E-state index is 0.00581. The van der Waals surface area contributed by atoms with E-state index >= 15 is 0 Å². The molecule has 2 rings (SSSR count). The summed E-state index contributed by atoms with van der Waals surface area (Å²) in [4.78, 5) is 11.9. The smallest absolute Gasteiger partial charge is 0.254 e. The minimum Gasteiger partial charge on any atom is -0.399 e. The third kappa shape index (κ3) is 2.68. The zero-order valence-electron chi connectivity index (χ0n) is 9.81. The van der Waals surface area contributed by atoms with E-state index in [1.165, 1.54) is 12.1 Å². The van der Waals surface area contributed by atoms with Crippen molar-refractivity contribution in [2.24, 2.45) is 0 Å². The summed E-state index contributed by atoms with van der Waals surface area (Å²) in [6.45, 7) is 1.86. The summed E-state index contributed by atoms with van der Waals surface area (Å²) < 4.78 is 13.6. The lowest BCUT2D eigenvalue weighted by Crippen LogP contribution is -2.27. The van der Waals surface area contributed by atoms with Crippen LogP contribution in [0.1, 0.15) is 28.9 Å². The van der Waals surface area contributed by atoms with Gasteiger partial charge in [0.2, 0.25) is 0 Å². The molecule has 18 heavy (non-hydrogen) atoms. The van der Waals surface area contributed by atoms with E-state index in [4.69, 9.17) is 5.73 Å². The maximum atomic E-state index is 13.6. The topological polar surface area (TPSA) is 55.1 Å². The van der Waals surface area contributed by atoms with Gasteiger partial charge in [0.25, 0.3) is 5.91 Å². The average molecular weight is 264 g/mol. The van der Waals surface area contributed by atoms with Crippen LogP contribution in [0.25, 0.3) is 0 Å². The van der Waals surface area contributed by atoms with Gasteiger partial charge in [0, 0.05) is 5.69 Å². The zero-order valence-corrected chi connectivity index (χ0v) is 10.6. The molecule has 0 saturated heterocycles. The Labute approximate surface area is 108 Å². The molecule has 0 aliphatic rings. The molecule has 1 aromatic heterocycles. The normalized spacial score (nSPS) is 12.1. The van der Waals surface area contributed by atoms with E-state index in [1.807, 2.05) is 23.8 Å². The van der Waals surface area contributed by atoms with Crippen LogP contribution >= 0.6 is 11.3 Å². The number of nitrogens with one attached hydrogen (secondary N) is 1. The van der Waals surface area contributed by atoms with Crippen molar-refractivity contribution in [2.75, 3.05) is 5.73 Å². The molecule has 0 saturated carbocycles. The molecule has 1 heterocycles. The van der Waals surface area contributed by atoms with E-state index in [2.05, 4.69) is 5.32 Å². The van der Waals surface area contributed by atoms with Gasteiger partial charge in [-0.3, -0.25) is 4.79 Å². The second-order valence-corrected chi connectivity index (χ2v) is 4.77. The van der Waals surface area contributed by atoms with E-state index in [0.717, 1.165) is 11.6 Å². The maximum Gasteiger partial charge on any atom is 0.254 e. The molecule has 3 N–H and O–H groups in total. The van der Waals surface area contributed by atoms with Crippen molar-refractivity contribution in [1.82, 2.24) is 5.32 Å². The van der Waals surface area contributed by atoms with Gasteiger partial charge < -0.3 is 11.1 Å². The Hall–Kier alpha value is -1.88. The van der Waals surface area contributed by atoms with Crippen molar-refractivity contribution < 1.29 is 9.18 Å². The fraction of sp³-hybridized carbons (Fsp3) is 0.154. The van der Waals surface area contributed by atoms with Crippen LogP contribution in [-0.4, -0.2) is 5.91 Å². The van der Waals surface area contributed by atoms with Crippen LogP contribution in [-0.2, 0) is 0 Å². The number of rotatable bonds is 3. The van der Waals surface area contributed by atoms with Gasteiger partial charge in [-0.2, -0.15) is 11.3 Å². The molecule has 94 valence electrons. The highest BCUT2D eigenvalue weighted by Crippen LogP contribution is 2.17. The van der Waals surface area contributed by atoms with Crippen LogP contribution in [0.15, 0.2) is 35.0 Å². The number of nitrogen functional groups attached to an aromatic ring is 1. The number of hydrogen-bond acceptors (Lipinski definition) is 3. The number of anilines is 1. The Balaban J connectivity index is 2.12. The molecule has 0 aliphatic carbocycles. The van der Waals surface area contributed by atoms with Crippen molar-refractivity contribution in [3.63, 3.8) is 0 Å². The molecular weight excluding hydrogens is 251 g/mol. The number of carbonyl (C=O) groups excluding carboxylic acids is 1. The predicted molar refractivity (Wildman–Crippen MR) is 71.0 cm³/mol. The van der Waals surface area contributed by atoms with Gasteiger partial charge in [-0.1, -0.05) is 0 Å². The number of halogens is 1. The average Bonchev–Trinajstić information content (AvgIpc) is 2.81. The summed E-state index contributed by atoms with van der Waals surface area (Å²) in [5, 5.41) is 6.63. The Morgan fingerprint density at radius 2 is 2.22 bits per heavy atom. The van der Waals surface area contributed by atoms with Gasteiger partial charge in [0.05, 0.1) is 11.6 Å². The number of amides is 1. The van der Waals surface area contributed by atoms with Crippen molar-refractivity contribution >= 4 is 22.9 Å². The molecule has 0 bridgehead atoms. The molecule has 2 aromatic rings. The first-order chi connectivity index (χ1) is 8.58. The van der Waals surface area contributed by atoms with Crippen molar-refractivity contribution in [3.8, 4) is 0 Å². The third-order valence-electron chi connectivity index (χ3n) is 2.63. The highest BCUT2D eigenvalue weighted by Gasteiger charge is 2.15. The van der Waals surface area contributed by atoms with Gasteiger partial charge in [-0.05, 0) is 47.5 Å². The molecule has 1 amide bonds. The lowest BCUT2D eigenvalue weighted by molar-refractivity contribution is 0.0936. The first-order valence-corrected chi connectivity index (χ1v) is 6.40. The van der Waals surface area contributed by atoms with E-state index in [-0.39, 0.29) is 11.6 Å². The first kappa shape index (κ1) is 12.6. The van der Waals surface area contributed by atoms with Gasteiger partial charge in [-0.15, -0.1) is 0 Å². The van der Waals surface area contributed by atoms with Crippen LogP contribution in [0.3, 0.4) is 0 Å². The Bertz CT molecular complexity index is 554. The van der Waals surface area contributed by atoms with E-state index in [1.54, 1.807) is 11.3 Å². The molecule has 0 radical (unpaired) electrons. The van der Waals surface area contributed by atoms with Gasteiger partial charge in [0.1, 0.15) is 5.82 Å². The summed E-state index contributed by atoms with van der Waals surface area (Å²) in [5.74, 6) is -1.05. The molecule has 1 unspecified atom stereocenters.